The second-order valence-electron chi connectivity index (χ2n) is 6.11. The number of hydrogen-bond acceptors (Lipinski definition) is 5. The molecule has 1 aromatic carbocycles. The van der Waals surface area contributed by atoms with Crippen LogP contribution in [0.1, 0.15) is 32.1 Å². The first kappa shape index (κ1) is 20.6. The summed E-state index contributed by atoms with van der Waals surface area (Å²) in [6.45, 7) is -0.271. The number of ether oxygens (including phenoxy) is 1. The van der Waals surface area contributed by atoms with Gasteiger partial charge in [0.1, 0.15) is 0 Å². The van der Waals surface area contributed by atoms with Gasteiger partial charge in [-0.1, -0.05) is 30.9 Å². The third-order valence-electron chi connectivity index (χ3n) is 3.92. The highest BCUT2D eigenvalue weighted by Crippen LogP contribution is 2.17. The molecule has 0 aliphatic heterocycles. The number of thioether (sulfide) groups is 1. The van der Waals surface area contributed by atoms with Gasteiger partial charge in [0.05, 0.1) is 11.5 Å². The van der Waals surface area contributed by atoms with Gasteiger partial charge in [0.25, 0.3) is 5.91 Å². The van der Waals surface area contributed by atoms with Crippen LogP contribution in [0.3, 0.4) is 0 Å². The largest absolute Gasteiger partial charge is 0.455 e. The Labute approximate surface area is 162 Å². The molecule has 1 saturated carbocycles. The van der Waals surface area contributed by atoms with Gasteiger partial charge in [0, 0.05) is 16.8 Å². The first-order chi connectivity index (χ1) is 12.5. The number of anilines is 1. The summed E-state index contributed by atoms with van der Waals surface area (Å²) in [4.78, 5) is 35.2. The predicted molar refractivity (Wildman–Crippen MR) is 103 cm³/mol. The van der Waals surface area contributed by atoms with E-state index in [-0.39, 0.29) is 36.0 Å². The molecule has 0 heterocycles. The fourth-order valence-corrected chi connectivity index (χ4v) is 3.40. The molecule has 8 heteroatoms. The van der Waals surface area contributed by atoms with Crippen molar-refractivity contribution in [3.63, 3.8) is 0 Å². The Morgan fingerprint density at radius 1 is 1.04 bits per heavy atom. The molecule has 0 saturated heterocycles. The molecule has 26 heavy (non-hydrogen) atoms. The van der Waals surface area contributed by atoms with Crippen molar-refractivity contribution in [3.05, 3.63) is 29.3 Å². The van der Waals surface area contributed by atoms with Gasteiger partial charge in [-0.05, 0) is 37.1 Å². The highest BCUT2D eigenvalue weighted by Gasteiger charge is 2.16. The zero-order valence-electron chi connectivity index (χ0n) is 14.5. The van der Waals surface area contributed by atoms with Crippen molar-refractivity contribution in [1.82, 2.24) is 5.32 Å². The predicted octanol–water partition coefficient (Wildman–Crippen LogP) is 3.00. The van der Waals surface area contributed by atoms with Crippen LogP contribution >= 0.6 is 23.4 Å². The van der Waals surface area contributed by atoms with E-state index in [9.17, 15) is 14.4 Å². The Hall–Kier alpha value is -1.73. The van der Waals surface area contributed by atoms with E-state index in [4.69, 9.17) is 16.3 Å². The highest BCUT2D eigenvalue weighted by molar-refractivity contribution is 8.00. The van der Waals surface area contributed by atoms with E-state index in [2.05, 4.69) is 10.6 Å². The third kappa shape index (κ3) is 8.10. The fraction of sp³-hybridized carbons (Fsp3) is 0.500. The molecular weight excluding hydrogens is 376 g/mol. The summed E-state index contributed by atoms with van der Waals surface area (Å²) in [6.07, 6.45) is 5.43. The van der Waals surface area contributed by atoms with Crippen LogP contribution in [0.2, 0.25) is 5.02 Å². The van der Waals surface area contributed by atoms with Gasteiger partial charge in [0.15, 0.2) is 6.61 Å². The number of halogens is 1. The van der Waals surface area contributed by atoms with Gasteiger partial charge in [-0.2, -0.15) is 0 Å². The normalized spacial score (nSPS) is 14.5. The Bertz CT molecular complexity index is 618. The van der Waals surface area contributed by atoms with Crippen LogP contribution in [0.25, 0.3) is 0 Å². The lowest BCUT2D eigenvalue weighted by Gasteiger charge is -2.22. The highest BCUT2D eigenvalue weighted by atomic mass is 35.5. The minimum Gasteiger partial charge on any atom is -0.455 e. The molecule has 2 N–H and O–H groups in total. The van der Waals surface area contributed by atoms with Crippen LogP contribution in [-0.4, -0.2) is 41.9 Å². The number of benzene rings is 1. The van der Waals surface area contributed by atoms with E-state index in [1.54, 1.807) is 24.3 Å². The van der Waals surface area contributed by atoms with Crippen LogP contribution in [0, 0.1) is 0 Å². The standard InChI is InChI=1S/C18H23ClN2O4S/c19-13-6-8-15(9-7-13)21-17(23)11-26-12-18(24)25-10-16(22)20-14-4-2-1-3-5-14/h6-9,14H,1-5,10-12H2,(H,20,22)(H,21,23). The lowest BCUT2D eigenvalue weighted by atomic mass is 9.95. The molecular formula is C18H23ClN2O4S. The quantitative estimate of drug-likeness (QED) is 0.657. The lowest BCUT2D eigenvalue weighted by Crippen LogP contribution is -2.38. The zero-order chi connectivity index (χ0) is 18.8. The molecule has 0 aromatic heterocycles. The Balaban J connectivity index is 1.55. The molecule has 2 amide bonds. The van der Waals surface area contributed by atoms with Gasteiger partial charge in [-0.25, -0.2) is 0 Å². The van der Waals surface area contributed by atoms with E-state index >= 15 is 0 Å². The maximum Gasteiger partial charge on any atom is 0.316 e. The smallest absolute Gasteiger partial charge is 0.316 e. The number of esters is 1. The molecule has 0 unspecified atom stereocenters. The molecule has 142 valence electrons. The fourth-order valence-electron chi connectivity index (χ4n) is 2.66. The summed E-state index contributed by atoms with van der Waals surface area (Å²) in [5, 5.41) is 6.18. The molecule has 0 atom stereocenters. The Morgan fingerprint density at radius 2 is 1.73 bits per heavy atom. The van der Waals surface area contributed by atoms with Gasteiger partial charge >= 0.3 is 5.97 Å². The molecule has 0 bridgehead atoms. The zero-order valence-corrected chi connectivity index (χ0v) is 16.0. The second-order valence-corrected chi connectivity index (χ2v) is 7.53. The van der Waals surface area contributed by atoms with Crippen molar-refractivity contribution in [2.45, 2.75) is 38.1 Å². The van der Waals surface area contributed by atoms with Crippen molar-refractivity contribution in [2.24, 2.45) is 0 Å². The van der Waals surface area contributed by atoms with Crippen LogP contribution in [0.5, 0.6) is 0 Å². The third-order valence-corrected chi connectivity index (χ3v) is 5.07. The number of hydrogen-bond donors (Lipinski definition) is 2. The molecule has 0 spiro atoms. The topological polar surface area (TPSA) is 84.5 Å². The molecule has 1 aliphatic rings. The van der Waals surface area contributed by atoms with Gasteiger partial charge in [-0.15, -0.1) is 11.8 Å². The number of carbonyl (C=O) groups excluding carboxylic acids is 3. The maximum atomic E-state index is 11.8. The average molecular weight is 399 g/mol. The number of carbonyl (C=O) groups is 3. The van der Waals surface area contributed by atoms with E-state index in [0.717, 1.165) is 37.4 Å². The molecule has 1 fully saturated rings. The van der Waals surface area contributed by atoms with Crippen molar-refractivity contribution in [2.75, 3.05) is 23.4 Å². The summed E-state index contributed by atoms with van der Waals surface area (Å²) in [6, 6.07) is 6.95. The summed E-state index contributed by atoms with van der Waals surface area (Å²) in [5.74, 6) is -0.861. The monoisotopic (exact) mass is 398 g/mol. The SMILES string of the molecule is O=C(CSCC(=O)OCC(=O)NC1CCCCC1)Nc1ccc(Cl)cc1. The van der Waals surface area contributed by atoms with Crippen molar-refractivity contribution in [3.8, 4) is 0 Å². The van der Waals surface area contributed by atoms with Gasteiger partial charge in [0.2, 0.25) is 5.91 Å². The number of rotatable bonds is 8. The second kappa shape index (κ2) is 11.1. The maximum absolute atomic E-state index is 11.8. The van der Waals surface area contributed by atoms with Crippen molar-refractivity contribution < 1.29 is 19.1 Å². The molecule has 2 rings (SSSR count). The first-order valence-corrected chi connectivity index (χ1v) is 10.1. The summed E-state index contributed by atoms with van der Waals surface area (Å²) < 4.78 is 4.94. The molecule has 1 aromatic rings. The summed E-state index contributed by atoms with van der Waals surface area (Å²) >= 11 is 6.91. The number of nitrogens with one attached hydrogen (secondary N) is 2. The minimum absolute atomic E-state index is 0.0186. The van der Waals surface area contributed by atoms with Crippen LogP contribution in [-0.2, 0) is 19.1 Å². The molecule has 0 radical (unpaired) electrons. The summed E-state index contributed by atoms with van der Waals surface area (Å²) in [7, 11) is 0. The summed E-state index contributed by atoms with van der Waals surface area (Å²) in [5.41, 5.74) is 0.641. The molecule has 6 nitrogen and oxygen atoms in total. The Morgan fingerprint density at radius 3 is 2.42 bits per heavy atom. The van der Waals surface area contributed by atoms with Crippen LogP contribution < -0.4 is 10.6 Å². The van der Waals surface area contributed by atoms with Crippen LogP contribution in [0.4, 0.5) is 5.69 Å². The van der Waals surface area contributed by atoms with E-state index < -0.39 is 5.97 Å². The van der Waals surface area contributed by atoms with Gasteiger partial charge in [-0.3, -0.25) is 14.4 Å². The van der Waals surface area contributed by atoms with Crippen LogP contribution in [0.15, 0.2) is 24.3 Å². The average Bonchev–Trinajstić information content (AvgIpc) is 2.63. The lowest BCUT2D eigenvalue weighted by molar-refractivity contribution is -0.146. The van der Waals surface area contributed by atoms with Crippen molar-refractivity contribution >= 4 is 46.8 Å². The first-order valence-electron chi connectivity index (χ1n) is 8.61. The van der Waals surface area contributed by atoms with E-state index in [1.165, 1.54) is 6.42 Å². The minimum atomic E-state index is -0.506. The van der Waals surface area contributed by atoms with Crippen molar-refractivity contribution in [1.29, 1.82) is 0 Å². The van der Waals surface area contributed by atoms with Gasteiger partial charge < -0.3 is 15.4 Å². The van der Waals surface area contributed by atoms with E-state index in [0.29, 0.717) is 10.7 Å². The van der Waals surface area contributed by atoms with E-state index in [1.807, 2.05) is 0 Å². The Kier molecular flexibility index (Phi) is 8.77. The molecule has 1 aliphatic carbocycles. The number of amides is 2.